The molecule has 1 N–H and O–H groups in total. The molecule has 0 aliphatic carbocycles. The van der Waals surface area contributed by atoms with Gasteiger partial charge in [0.2, 0.25) is 5.76 Å². The first-order valence-corrected chi connectivity index (χ1v) is 10.2. The molecular weight excluding hydrogens is 408 g/mol. The summed E-state index contributed by atoms with van der Waals surface area (Å²) in [6.45, 7) is 5.08. The number of thioether (sulfide) groups is 1. The number of carbonyl (C=O) groups is 2. The van der Waals surface area contributed by atoms with Crippen LogP contribution in [0.2, 0.25) is 0 Å². The fourth-order valence-electron chi connectivity index (χ4n) is 2.80. The molecular formula is C21H22N2O6S. The van der Waals surface area contributed by atoms with Crippen molar-refractivity contribution in [2.45, 2.75) is 20.5 Å². The predicted molar refractivity (Wildman–Crippen MR) is 114 cm³/mol. The van der Waals surface area contributed by atoms with Gasteiger partial charge in [-0.1, -0.05) is 6.07 Å². The molecule has 1 aromatic heterocycles. The Morgan fingerprint density at radius 3 is 2.70 bits per heavy atom. The molecule has 8 nitrogen and oxygen atoms in total. The second-order valence-electron chi connectivity index (χ2n) is 6.19. The number of carbonyl (C=O) groups excluding carboxylic acids is 1. The van der Waals surface area contributed by atoms with Crippen molar-refractivity contribution >= 4 is 34.9 Å². The quantitative estimate of drug-likeness (QED) is 0.634. The standard InChI is InChI=1S/C21H22N2O6S/c1-4-22-21-23(5-2)19(24)18(30-21)11-13-6-8-15(17(10-13)27-3)28-12-14-7-9-16(29-14)20(25)26/h6-11H,4-5,12H2,1-3H3,(H,25,26). The number of methoxy groups -OCH3 is 1. The van der Waals surface area contributed by atoms with Crippen molar-refractivity contribution in [2.24, 2.45) is 4.99 Å². The van der Waals surface area contributed by atoms with E-state index in [1.165, 1.54) is 24.9 Å². The van der Waals surface area contributed by atoms with Gasteiger partial charge >= 0.3 is 5.97 Å². The lowest BCUT2D eigenvalue weighted by Crippen LogP contribution is -2.28. The number of amidine groups is 1. The fraction of sp³-hybridized carbons (Fsp3) is 0.286. The van der Waals surface area contributed by atoms with Crippen LogP contribution in [0.3, 0.4) is 0 Å². The van der Waals surface area contributed by atoms with Gasteiger partial charge in [0.1, 0.15) is 12.4 Å². The van der Waals surface area contributed by atoms with Crippen molar-refractivity contribution < 1.29 is 28.6 Å². The molecule has 0 spiro atoms. The van der Waals surface area contributed by atoms with E-state index >= 15 is 0 Å². The maximum atomic E-state index is 12.6. The Morgan fingerprint density at radius 1 is 1.27 bits per heavy atom. The largest absolute Gasteiger partial charge is 0.493 e. The molecule has 3 rings (SSSR count). The maximum Gasteiger partial charge on any atom is 0.371 e. The van der Waals surface area contributed by atoms with Crippen molar-refractivity contribution in [3.63, 3.8) is 0 Å². The highest BCUT2D eigenvalue weighted by Gasteiger charge is 2.31. The van der Waals surface area contributed by atoms with Gasteiger partial charge in [0, 0.05) is 13.1 Å². The second-order valence-corrected chi connectivity index (χ2v) is 7.20. The number of aromatic carboxylic acids is 1. The van der Waals surface area contributed by atoms with Crippen molar-refractivity contribution in [3.8, 4) is 11.5 Å². The molecule has 1 aliphatic rings. The number of ether oxygens (including phenoxy) is 2. The lowest BCUT2D eigenvalue weighted by atomic mass is 10.2. The number of rotatable bonds is 8. The van der Waals surface area contributed by atoms with Crippen LogP contribution in [0.5, 0.6) is 11.5 Å². The summed E-state index contributed by atoms with van der Waals surface area (Å²) < 4.78 is 16.3. The Bertz CT molecular complexity index is 1010. The van der Waals surface area contributed by atoms with E-state index < -0.39 is 5.97 Å². The first-order valence-electron chi connectivity index (χ1n) is 9.35. The number of amides is 1. The third kappa shape index (κ3) is 4.68. The summed E-state index contributed by atoms with van der Waals surface area (Å²) >= 11 is 1.36. The third-order valence-corrected chi connectivity index (χ3v) is 5.27. The van der Waals surface area contributed by atoms with Gasteiger partial charge in [0.15, 0.2) is 16.7 Å². The summed E-state index contributed by atoms with van der Waals surface area (Å²) in [5, 5.41) is 9.62. The Hall–Kier alpha value is -3.20. The molecule has 0 radical (unpaired) electrons. The first kappa shape index (κ1) is 21.5. The first-order chi connectivity index (χ1) is 14.5. The normalized spacial score (nSPS) is 16.5. The average Bonchev–Trinajstić information content (AvgIpc) is 3.32. The molecule has 1 fully saturated rings. The summed E-state index contributed by atoms with van der Waals surface area (Å²) in [4.78, 5) is 30.1. The molecule has 158 valence electrons. The molecule has 9 heteroatoms. The van der Waals surface area contributed by atoms with Gasteiger partial charge in [0.25, 0.3) is 5.91 Å². The monoisotopic (exact) mass is 430 g/mol. The number of carboxylic acid groups (broad SMARTS) is 1. The number of aliphatic imine (C=N–C) groups is 1. The van der Waals surface area contributed by atoms with Gasteiger partial charge in [0.05, 0.1) is 12.0 Å². The van der Waals surface area contributed by atoms with Crippen LogP contribution in [0.15, 0.2) is 44.6 Å². The molecule has 0 saturated carbocycles. The minimum atomic E-state index is -1.13. The van der Waals surface area contributed by atoms with E-state index in [0.717, 1.165) is 5.56 Å². The molecule has 1 aromatic carbocycles. The number of furan rings is 1. The topological polar surface area (TPSA) is 102 Å². The van der Waals surface area contributed by atoms with Crippen molar-refractivity contribution in [1.29, 1.82) is 0 Å². The molecule has 0 bridgehead atoms. The molecule has 1 aliphatic heterocycles. The molecule has 1 saturated heterocycles. The van der Waals surface area contributed by atoms with E-state index in [1.54, 1.807) is 29.2 Å². The predicted octanol–water partition coefficient (Wildman–Crippen LogP) is 3.88. The highest BCUT2D eigenvalue weighted by Crippen LogP contribution is 2.35. The van der Waals surface area contributed by atoms with E-state index in [0.29, 0.717) is 40.4 Å². The number of benzene rings is 1. The highest BCUT2D eigenvalue weighted by atomic mass is 32.2. The van der Waals surface area contributed by atoms with E-state index in [1.807, 2.05) is 19.9 Å². The van der Waals surface area contributed by atoms with E-state index in [9.17, 15) is 9.59 Å². The average molecular weight is 430 g/mol. The highest BCUT2D eigenvalue weighted by molar-refractivity contribution is 8.18. The molecule has 1 amide bonds. The molecule has 2 aromatic rings. The Morgan fingerprint density at radius 2 is 2.07 bits per heavy atom. The van der Waals surface area contributed by atoms with E-state index in [-0.39, 0.29) is 18.3 Å². The Kier molecular flexibility index (Phi) is 6.83. The number of hydrogen-bond donors (Lipinski definition) is 1. The molecule has 0 atom stereocenters. The Labute approximate surface area is 178 Å². The van der Waals surface area contributed by atoms with Crippen LogP contribution >= 0.6 is 11.8 Å². The van der Waals surface area contributed by atoms with E-state index in [4.69, 9.17) is 19.0 Å². The minimum absolute atomic E-state index is 0.0563. The van der Waals surface area contributed by atoms with Crippen LogP contribution in [0, 0.1) is 0 Å². The minimum Gasteiger partial charge on any atom is -0.493 e. The van der Waals surface area contributed by atoms with Crippen LogP contribution in [0.1, 0.15) is 35.7 Å². The number of likely N-dealkylation sites (N-methyl/N-ethyl adjacent to an activating group) is 1. The number of carboxylic acids is 1. The second kappa shape index (κ2) is 9.53. The van der Waals surface area contributed by atoms with Crippen molar-refractivity contribution in [2.75, 3.05) is 20.2 Å². The molecule has 2 heterocycles. The Balaban J connectivity index is 1.76. The van der Waals surface area contributed by atoms with Crippen LogP contribution < -0.4 is 9.47 Å². The zero-order valence-corrected chi connectivity index (χ0v) is 17.7. The summed E-state index contributed by atoms with van der Waals surface area (Å²) in [5.41, 5.74) is 0.787. The summed E-state index contributed by atoms with van der Waals surface area (Å²) in [6, 6.07) is 8.24. The van der Waals surface area contributed by atoms with Crippen LogP contribution in [-0.2, 0) is 11.4 Å². The van der Waals surface area contributed by atoms with Crippen LogP contribution in [0.25, 0.3) is 6.08 Å². The van der Waals surface area contributed by atoms with Gasteiger partial charge in [-0.2, -0.15) is 0 Å². The van der Waals surface area contributed by atoms with E-state index in [2.05, 4.69) is 4.99 Å². The van der Waals surface area contributed by atoms with Crippen molar-refractivity contribution in [1.82, 2.24) is 4.90 Å². The van der Waals surface area contributed by atoms with Gasteiger partial charge < -0.3 is 19.0 Å². The van der Waals surface area contributed by atoms with Gasteiger partial charge in [-0.25, -0.2) is 4.79 Å². The van der Waals surface area contributed by atoms with Crippen molar-refractivity contribution in [3.05, 3.63) is 52.3 Å². The third-order valence-electron chi connectivity index (χ3n) is 4.23. The van der Waals surface area contributed by atoms with Gasteiger partial charge in [-0.15, -0.1) is 0 Å². The van der Waals surface area contributed by atoms with Gasteiger partial charge in [-0.3, -0.25) is 14.7 Å². The number of hydrogen-bond acceptors (Lipinski definition) is 7. The lowest BCUT2D eigenvalue weighted by molar-refractivity contribution is -0.122. The summed E-state index contributed by atoms with van der Waals surface area (Å²) in [5.74, 6) is -0.00361. The number of nitrogens with zero attached hydrogens (tertiary/aromatic N) is 2. The zero-order chi connectivity index (χ0) is 21.7. The summed E-state index contributed by atoms with van der Waals surface area (Å²) in [7, 11) is 1.52. The smallest absolute Gasteiger partial charge is 0.371 e. The van der Waals surface area contributed by atoms with Gasteiger partial charge in [-0.05, 0) is 61.5 Å². The van der Waals surface area contributed by atoms with Crippen LogP contribution in [0.4, 0.5) is 0 Å². The SMILES string of the molecule is CCN=C1SC(=Cc2ccc(OCc3ccc(C(=O)O)o3)c(OC)c2)C(=O)N1CC. The van der Waals surface area contributed by atoms with Crippen LogP contribution in [-0.4, -0.2) is 47.2 Å². The lowest BCUT2D eigenvalue weighted by Gasteiger charge is -2.11. The molecule has 30 heavy (non-hydrogen) atoms. The zero-order valence-electron chi connectivity index (χ0n) is 16.9. The molecule has 0 unspecified atom stereocenters. The summed E-state index contributed by atoms with van der Waals surface area (Å²) in [6.07, 6.45) is 1.80. The fourth-order valence-corrected chi connectivity index (χ4v) is 3.91. The maximum absolute atomic E-state index is 12.6.